The summed E-state index contributed by atoms with van der Waals surface area (Å²) in [4.78, 5) is 11.1. The molecule has 3 aromatic rings. The molecule has 1 aliphatic heterocycles. The van der Waals surface area contributed by atoms with Crippen molar-refractivity contribution < 1.29 is 22.4 Å². The number of nitrogens with one attached hydrogen (secondary N) is 1. The number of aromatic nitrogens is 3. The third-order valence-electron chi connectivity index (χ3n) is 5.39. The van der Waals surface area contributed by atoms with Crippen LogP contribution in [0.2, 0.25) is 0 Å². The van der Waals surface area contributed by atoms with Gasteiger partial charge in [0.2, 0.25) is 11.7 Å². The molecule has 1 saturated heterocycles. The van der Waals surface area contributed by atoms with Crippen LogP contribution < -0.4 is 5.32 Å². The minimum atomic E-state index is -4.33. The van der Waals surface area contributed by atoms with Gasteiger partial charge in [0.15, 0.2) is 0 Å². The van der Waals surface area contributed by atoms with Gasteiger partial charge in [-0.3, -0.25) is 4.90 Å². The van der Waals surface area contributed by atoms with Crippen molar-refractivity contribution in [2.45, 2.75) is 31.6 Å². The zero-order valence-electron chi connectivity index (χ0n) is 17.6. The Kier molecular flexibility index (Phi) is 6.71. The van der Waals surface area contributed by atoms with E-state index < -0.39 is 11.7 Å². The first-order valence-electron chi connectivity index (χ1n) is 10.4. The van der Waals surface area contributed by atoms with Crippen molar-refractivity contribution in [3.63, 3.8) is 0 Å². The highest BCUT2D eigenvalue weighted by molar-refractivity contribution is 5.55. The first kappa shape index (κ1) is 22.2. The molecule has 0 aliphatic carbocycles. The van der Waals surface area contributed by atoms with E-state index in [1.807, 2.05) is 12.1 Å². The number of pyridine rings is 1. The summed E-state index contributed by atoms with van der Waals surface area (Å²) < 4.78 is 48.9. The largest absolute Gasteiger partial charge is 0.416 e. The number of likely N-dealkylation sites (tertiary alicyclic amines) is 1. The van der Waals surface area contributed by atoms with Crippen LogP contribution in [0.25, 0.3) is 11.4 Å². The summed E-state index contributed by atoms with van der Waals surface area (Å²) in [6, 6.07) is 8.91. The normalized spacial score (nSPS) is 17.1. The van der Waals surface area contributed by atoms with E-state index in [1.54, 1.807) is 13.3 Å². The third kappa shape index (κ3) is 5.25. The maximum Gasteiger partial charge on any atom is 0.416 e. The monoisotopic (exact) mass is 447 g/mol. The number of benzene rings is 1. The van der Waals surface area contributed by atoms with Gasteiger partial charge in [0.1, 0.15) is 5.82 Å². The van der Waals surface area contributed by atoms with E-state index in [1.165, 1.54) is 12.1 Å². The summed E-state index contributed by atoms with van der Waals surface area (Å²) in [7, 11) is 1.64. The lowest BCUT2D eigenvalue weighted by Gasteiger charge is -2.21. The number of hydrogen-bond acceptors (Lipinski definition) is 7. The number of anilines is 1. The molecule has 1 aromatic carbocycles. The summed E-state index contributed by atoms with van der Waals surface area (Å²) in [6.45, 7) is 2.57. The second kappa shape index (κ2) is 9.66. The van der Waals surface area contributed by atoms with E-state index in [9.17, 15) is 13.2 Å². The number of ether oxygens (including phenoxy) is 1. The van der Waals surface area contributed by atoms with Gasteiger partial charge in [-0.1, -0.05) is 17.3 Å². The topological polar surface area (TPSA) is 76.3 Å². The standard InChI is InChI=1S/C22H24F3N5O2/c1-31-12-10-26-19-9-6-16(13-27-19)20-28-21(32-29-20)18-3-2-11-30(18)14-15-4-7-17(8-5-15)22(23,24)25/h4-9,13,18H,2-3,10-12,14H2,1H3,(H,26,27)/t18-/m1/s1. The van der Waals surface area contributed by atoms with Crippen molar-refractivity contribution in [2.75, 3.05) is 32.1 Å². The first-order valence-corrected chi connectivity index (χ1v) is 10.4. The van der Waals surface area contributed by atoms with E-state index in [-0.39, 0.29) is 6.04 Å². The molecular weight excluding hydrogens is 423 g/mol. The fourth-order valence-corrected chi connectivity index (χ4v) is 3.73. The third-order valence-corrected chi connectivity index (χ3v) is 5.39. The predicted molar refractivity (Wildman–Crippen MR) is 112 cm³/mol. The van der Waals surface area contributed by atoms with E-state index in [4.69, 9.17) is 9.26 Å². The maximum atomic E-state index is 12.8. The van der Waals surface area contributed by atoms with Gasteiger partial charge < -0.3 is 14.6 Å². The molecule has 3 heterocycles. The van der Waals surface area contributed by atoms with Gasteiger partial charge in [0, 0.05) is 32.0 Å². The van der Waals surface area contributed by atoms with Crippen LogP contribution in [0.15, 0.2) is 47.1 Å². The van der Waals surface area contributed by atoms with Crippen LogP contribution in [0.4, 0.5) is 19.0 Å². The second-order valence-electron chi connectivity index (χ2n) is 7.63. The maximum absolute atomic E-state index is 12.8. The van der Waals surface area contributed by atoms with Gasteiger partial charge in [-0.25, -0.2) is 4.98 Å². The summed E-state index contributed by atoms with van der Waals surface area (Å²) in [5, 5.41) is 7.24. The van der Waals surface area contributed by atoms with Crippen LogP contribution in [-0.2, 0) is 17.5 Å². The average Bonchev–Trinajstić information content (AvgIpc) is 3.44. The van der Waals surface area contributed by atoms with Crippen molar-refractivity contribution in [2.24, 2.45) is 0 Å². The fourth-order valence-electron chi connectivity index (χ4n) is 3.73. The summed E-state index contributed by atoms with van der Waals surface area (Å²) in [5.74, 6) is 1.69. The number of alkyl halides is 3. The van der Waals surface area contributed by atoms with Gasteiger partial charge in [-0.2, -0.15) is 18.2 Å². The Morgan fingerprint density at radius 2 is 2.00 bits per heavy atom. The highest BCUT2D eigenvalue weighted by atomic mass is 19.4. The molecule has 1 N–H and O–H groups in total. The van der Waals surface area contributed by atoms with E-state index in [2.05, 4.69) is 25.3 Å². The van der Waals surface area contributed by atoms with Gasteiger partial charge in [0.05, 0.1) is 18.2 Å². The molecule has 32 heavy (non-hydrogen) atoms. The highest BCUT2D eigenvalue weighted by Crippen LogP contribution is 2.34. The minimum Gasteiger partial charge on any atom is -0.383 e. The number of hydrogen-bond donors (Lipinski definition) is 1. The Hall–Kier alpha value is -2.98. The van der Waals surface area contributed by atoms with Crippen molar-refractivity contribution in [1.29, 1.82) is 0 Å². The molecule has 1 fully saturated rings. The molecule has 2 aromatic heterocycles. The number of nitrogens with zero attached hydrogens (tertiary/aromatic N) is 4. The lowest BCUT2D eigenvalue weighted by atomic mass is 10.1. The van der Waals surface area contributed by atoms with Crippen LogP contribution in [0, 0.1) is 0 Å². The SMILES string of the molecule is COCCNc1ccc(-c2noc([C@H]3CCCN3Cc3ccc(C(F)(F)F)cc3)n2)cn1. The van der Waals surface area contributed by atoms with Crippen LogP contribution >= 0.6 is 0 Å². The second-order valence-corrected chi connectivity index (χ2v) is 7.63. The minimum absolute atomic E-state index is 0.0681. The molecule has 4 rings (SSSR count). The lowest BCUT2D eigenvalue weighted by molar-refractivity contribution is -0.137. The lowest BCUT2D eigenvalue weighted by Crippen LogP contribution is -2.23. The molecule has 7 nitrogen and oxygen atoms in total. The molecule has 0 unspecified atom stereocenters. The zero-order valence-corrected chi connectivity index (χ0v) is 17.6. The fraction of sp³-hybridized carbons (Fsp3) is 0.409. The molecule has 10 heteroatoms. The Morgan fingerprint density at radius 1 is 1.19 bits per heavy atom. The van der Waals surface area contributed by atoms with Gasteiger partial charge >= 0.3 is 6.18 Å². The summed E-state index contributed by atoms with van der Waals surface area (Å²) in [5.41, 5.74) is 0.907. The van der Waals surface area contributed by atoms with E-state index in [0.29, 0.717) is 31.4 Å². The molecule has 0 amide bonds. The molecule has 0 bridgehead atoms. The Balaban J connectivity index is 1.41. The number of halogens is 3. The molecule has 0 spiro atoms. The van der Waals surface area contributed by atoms with Gasteiger partial charge in [0.25, 0.3) is 0 Å². The molecule has 170 valence electrons. The Bertz CT molecular complexity index is 1010. The molecule has 0 radical (unpaired) electrons. The van der Waals surface area contributed by atoms with Crippen LogP contribution in [0.5, 0.6) is 0 Å². The van der Waals surface area contributed by atoms with Gasteiger partial charge in [-0.05, 0) is 49.2 Å². The Labute approximate surface area is 183 Å². The van der Waals surface area contributed by atoms with Crippen LogP contribution in [-0.4, -0.2) is 46.8 Å². The predicted octanol–water partition coefficient (Wildman–Crippen LogP) is 4.55. The van der Waals surface area contributed by atoms with Crippen molar-refractivity contribution in [3.8, 4) is 11.4 Å². The highest BCUT2D eigenvalue weighted by Gasteiger charge is 2.32. The van der Waals surface area contributed by atoms with Crippen molar-refractivity contribution >= 4 is 5.82 Å². The summed E-state index contributed by atoms with van der Waals surface area (Å²) >= 11 is 0. The molecule has 0 saturated carbocycles. The van der Waals surface area contributed by atoms with Gasteiger partial charge in [-0.15, -0.1) is 0 Å². The van der Waals surface area contributed by atoms with E-state index >= 15 is 0 Å². The first-order chi connectivity index (χ1) is 15.4. The average molecular weight is 447 g/mol. The van der Waals surface area contributed by atoms with Crippen molar-refractivity contribution in [3.05, 3.63) is 59.6 Å². The summed E-state index contributed by atoms with van der Waals surface area (Å²) in [6.07, 6.45) is -0.852. The Morgan fingerprint density at radius 3 is 2.69 bits per heavy atom. The molecular formula is C22H24F3N5O2. The van der Waals surface area contributed by atoms with E-state index in [0.717, 1.165) is 48.5 Å². The molecule has 1 aliphatic rings. The quantitative estimate of drug-likeness (QED) is 0.508. The number of methoxy groups -OCH3 is 1. The number of rotatable bonds is 8. The van der Waals surface area contributed by atoms with Crippen LogP contribution in [0.3, 0.4) is 0 Å². The van der Waals surface area contributed by atoms with Crippen molar-refractivity contribution in [1.82, 2.24) is 20.0 Å². The smallest absolute Gasteiger partial charge is 0.383 e. The molecule has 1 atom stereocenters. The zero-order chi connectivity index (χ0) is 22.6. The van der Waals surface area contributed by atoms with Crippen LogP contribution in [0.1, 0.15) is 35.9 Å².